The van der Waals surface area contributed by atoms with Gasteiger partial charge in [0, 0.05) is 5.69 Å². The number of hydrogen-bond acceptors (Lipinski definition) is 4. The second-order valence-corrected chi connectivity index (χ2v) is 4.13. The number of alkyl halides is 3. The molecule has 2 amide bonds. The maximum atomic E-state index is 12.6. The molecule has 0 fully saturated rings. The van der Waals surface area contributed by atoms with Gasteiger partial charge in [0.1, 0.15) is 5.69 Å². The van der Waals surface area contributed by atoms with Crippen molar-refractivity contribution < 1.29 is 22.8 Å². The Kier molecular flexibility index (Phi) is 4.13. The highest BCUT2D eigenvalue weighted by molar-refractivity contribution is 6.09. The van der Waals surface area contributed by atoms with Crippen molar-refractivity contribution >= 4 is 17.5 Å². The van der Waals surface area contributed by atoms with Crippen LogP contribution < -0.4 is 16.6 Å². The van der Waals surface area contributed by atoms with Crippen LogP contribution in [0, 0.1) is 0 Å². The highest BCUT2D eigenvalue weighted by Gasteiger charge is 2.30. The van der Waals surface area contributed by atoms with Gasteiger partial charge < -0.3 is 10.3 Å². The van der Waals surface area contributed by atoms with Gasteiger partial charge in [0.2, 0.25) is 0 Å². The van der Waals surface area contributed by atoms with Gasteiger partial charge in [-0.25, -0.2) is 10.8 Å². The SMILES string of the molecule is NNC(=O)c1nc[nH]c1C(=O)Nc1cccc(C(F)(F)F)c1. The molecule has 1 aromatic heterocycles. The van der Waals surface area contributed by atoms with Crippen molar-refractivity contribution in [3.05, 3.63) is 47.5 Å². The van der Waals surface area contributed by atoms with Gasteiger partial charge in [-0.15, -0.1) is 0 Å². The van der Waals surface area contributed by atoms with Gasteiger partial charge in [-0.3, -0.25) is 15.0 Å². The first-order valence-electron chi connectivity index (χ1n) is 5.86. The molecule has 7 nitrogen and oxygen atoms in total. The molecule has 0 saturated heterocycles. The number of nitrogens with zero attached hydrogens (tertiary/aromatic N) is 1. The molecule has 0 saturated carbocycles. The number of nitrogens with two attached hydrogens (primary N) is 1. The number of H-pyrrole nitrogens is 1. The number of hydrazine groups is 1. The predicted molar refractivity (Wildman–Crippen MR) is 69.6 cm³/mol. The lowest BCUT2D eigenvalue weighted by Gasteiger charge is -2.09. The molecule has 0 spiro atoms. The van der Waals surface area contributed by atoms with Gasteiger partial charge in [0.05, 0.1) is 11.9 Å². The van der Waals surface area contributed by atoms with E-state index in [2.05, 4.69) is 15.3 Å². The normalized spacial score (nSPS) is 11.1. The maximum Gasteiger partial charge on any atom is 0.416 e. The van der Waals surface area contributed by atoms with E-state index < -0.39 is 23.6 Å². The number of carbonyl (C=O) groups is 2. The lowest BCUT2D eigenvalue weighted by Crippen LogP contribution is -2.32. The molecule has 116 valence electrons. The number of imidazole rings is 1. The third-order valence-electron chi connectivity index (χ3n) is 2.66. The average molecular weight is 313 g/mol. The van der Waals surface area contributed by atoms with Crippen LogP contribution in [-0.2, 0) is 6.18 Å². The number of aromatic nitrogens is 2. The van der Waals surface area contributed by atoms with Crippen molar-refractivity contribution in [1.29, 1.82) is 0 Å². The van der Waals surface area contributed by atoms with Crippen molar-refractivity contribution in [2.75, 3.05) is 5.32 Å². The maximum absolute atomic E-state index is 12.6. The van der Waals surface area contributed by atoms with E-state index in [1.807, 2.05) is 0 Å². The zero-order valence-electron chi connectivity index (χ0n) is 10.9. The monoisotopic (exact) mass is 313 g/mol. The van der Waals surface area contributed by atoms with Gasteiger partial charge in [0.25, 0.3) is 11.8 Å². The first-order chi connectivity index (χ1) is 10.3. The van der Waals surface area contributed by atoms with Crippen LogP contribution in [-0.4, -0.2) is 21.8 Å². The number of hydrogen-bond donors (Lipinski definition) is 4. The smallest absolute Gasteiger partial charge is 0.340 e. The van der Waals surface area contributed by atoms with Gasteiger partial charge in [-0.2, -0.15) is 13.2 Å². The topological polar surface area (TPSA) is 113 Å². The van der Waals surface area contributed by atoms with Crippen molar-refractivity contribution in [3.63, 3.8) is 0 Å². The zero-order chi connectivity index (χ0) is 16.3. The lowest BCUT2D eigenvalue weighted by molar-refractivity contribution is -0.137. The second kappa shape index (κ2) is 5.85. The number of anilines is 1. The highest BCUT2D eigenvalue weighted by atomic mass is 19.4. The fourth-order valence-corrected chi connectivity index (χ4v) is 1.67. The minimum atomic E-state index is -4.53. The Morgan fingerprint density at radius 2 is 1.95 bits per heavy atom. The number of halogens is 3. The molecule has 2 rings (SSSR count). The average Bonchev–Trinajstić information content (AvgIpc) is 2.95. The van der Waals surface area contributed by atoms with E-state index in [-0.39, 0.29) is 17.1 Å². The molecule has 0 aliphatic rings. The van der Waals surface area contributed by atoms with Crippen LogP contribution in [0.25, 0.3) is 0 Å². The summed E-state index contributed by atoms with van der Waals surface area (Å²) in [5, 5.41) is 2.25. The Balaban J connectivity index is 2.23. The Morgan fingerprint density at radius 1 is 1.23 bits per heavy atom. The Morgan fingerprint density at radius 3 is 2.59 bits per heavy atom. The fraction of sp³-hybridized carbons (Fsp3) is 0.0833. The standard InChI is InChI=1S/C12H10F3N5O2/c13-12(14,15)6-2-1-3-7(4-6)19-10(21)8-9(11(22)20-16)18-5-17-8/h1-5H,16H2,(H,17,18)(H,19,21)(H,20,22). The van der Waals surface area contributed by atoms with Crippen LogP contribution in [0.2, 0.25) is 0 Å². The number of nitrogen functional groups attached to an aromatic ring is 1. The molecule has 0 radical (unpaired) electrons. The number of benzene rings is 1. The van der Waals surface area contributed by atoms with Crippen molar-refractivity contribution in [3.8, 4) is 0 Å². The van der Waals surface area contributed by atoms with Gasteiger partial charge >= 0.3 is 6.18 Å². The minimum absolute atomic E-state index is 0.0754. The predicted octanol–water partition coefficient (Wildman–Crippen LogP) is 1.28. The summed E-state index contributed by atoms with van der Waals surface area (Å²) in [5.74, 6) is 3.31. The second-order valence-electron chi connectivity index (χ2n) is 4.13. The van der Waals surface area contributed by atoms with Crippen molar-refractivity contribution in [2.45, 2.75) is 6.18 Å². The summed E-state index contributed by atoms with van der Waals surface area (Å²) in [6.45, 7) is 0. The summed E-state index contributed by atoms with van der Waals surface area (Å²) in [4.78, 5) is 29.4. The van der Waals surface area contributed by atoms with E-state index in [1.165, 1.54) is 6.07 Å². The van der Waals surface area contributed by atoms with Crippen LogP contribution in [0.5, 0.6) is 0 Å². The summed E-state index contributed by atoms with van der Waals surface area (Å²) in [7, 11) is 0. The first-order valence-corrected chi connectivity index (χ1v) is 5.86. The molecular formula is C12H10F3N5O2. The largest absolute Gasteiger partial charge is 0.416 e. The van der Waals surface area contributed by atoms with E-state index in [0.717, 1.165) is 24.5 Å². The number of aromatic amines is 1. The molecule has 2 aromatic rings. The molecule has 0 bridgehead atoms. The van der Waals surface area contributed by atoms with E-state index in [0.29, 0.717) is 0 Å². The number of rotatable bonds is 3. The van der Waals surface area contributed by atoms with E-state index in [1.54, 1.807) is 5.43 Å². The summed E-state index contributed by atoms with van der Waals surface area (Å²) in [6, 6.07) is 4.08. The quantitative estimate of drug-likeness (QED) is 0.388. The molecule has 1 heterocycles. The molecule has 10 heteroatoms. The molecule has 1 aromatic carbocycles. The van der Waals surface area contributed by atoms with Gasteiger partial charge in [0.15, 0.2) is 5.69 Å². The van der Waals surface area contributed by atoms with Gasteiger partial charge in [-0.05, 0) is 18.2 Å². The van der Waals surface area contributed by atoms with Crippen LogP contribution in [0.1, 0.15) is 26.5 Å². The Labute approximate surface area is 121 Å². The van der Waals surface area contributed by atoms with E-state index >= 15 is 0 Å². The van der Waals surface area contributed by atoms with E-state index in [4.69, 9.17) is 5.84 Å². The third-order valence-corrected chi connectivity index (χ3v) is 2.66. The fourth-order valence-electron chi connectivity index (χ4n) is 1.67. The highest BCUT2D eigenvalue weighted by Crippen LogP contribution is 2.30. The van der Waals surface area contributed by atoms with Gasteiger partial charge in [-0.1, -0.05) is 6.07 Å². The molecule has 0 aliphatic carbocycles. The van der Waals surface area contributed by atoms with Crippen LogP contribution >= 0.6 is 0 Å². The van der Waals surface area contributed by atoms with Crippen LogP contribution in [0.3, 0.4) is 0 Å². The first kappa shape index (κ1) is 15.5. The summed E-state index contributed by atoms with van der Waals surface area (Å²) >= 11 is 0. The molecule has 22 heavy (non-hydrogen) atoms. The minimum Gasteiger partial charge on any atom is -0.340 e. The summed E-state index contributed by atoms with van der Waals surface area (Å²) in [5.41, 5.74) is 0.329. The Bertz CT molecular complexity index is 711. The van der Waals surface area contributed by atoms with Crippen molar-refractivity contribution in [1.82, 2.24) is 15.4 Å². The lowest BCUT2D eigenvalue weighted by atomic mass is 10.2. The van der Waals surface area contributed by atoms with Crippen LogP contribution in [0.4, 0.5) is 18.9 Å². The number of nitrogens with one attached hydrogen (secondary N) is 3. The molecule has 0 unspecified atom stereocenters. The molecule has 0 atom stereocenters. The molecule has 0 aliphatic heterocycles. The molecular weight excluding hydrogens is 303 g/mol. The zero-order valence-corrected chi connectivity index (χ0v) is 10.9. The number of carbonyl (C=O) groups excluding carboxylic acids is 2. The summed E-state index contributed by atoms with van der Waals surface area (Å²) < 4.78 is 37.8. The third kappa shape index (κ3) is 3.23. The Hall–Kier alpha value is -2.88. The van der Waals surface area contributed by atoms with Crippen molar-refractivity contribution in [2.24, 2.45) is 5.84 Å². The summed E-state index contributed by atoms with van der Waals surface area (Å²) in [6.07, 6.45) is -3.44. The van der Waals surface area contributed by atoms with Crippen LogP contribution in [0.15, 0.2) is 30.6 Å². The molecule has 5 N–H and O–H groups in total. The van der Waals surface area contributed by atoms with E-state index in [9.17, 15) is 22.8 Å². The number of amides is 2.